The lowest BCUT2D eigenvalue weighted by molar-refractivity contribution is -0.384. The van der Waals surface area contributed by atoms with Crippen LogP contribution in [-0.4, -0.2) is 24.0 Å². The number of amides is 1. The maximum Gasteiger partial charge on any atom is 0.270 e. The number of hydrogen-bond acceptors (Lipinski definition) is 4. The van der Waals surface area contributed by atoms with Crippen molar-refractivity contribution in [2.24, 2.45) is 0 Å². The Bertz CT molecular complexity index is 993. The highest BCUT2D eigenvalue weighted by atomic mass is 127. The summed E-state index contributed by atoms with van der Waals surface area (Å²) in [6, 6.07) is 21.8. The number of ether oxygens (including phenoxy) is 1. The summed E-state index contributed by atoms with van der Waals surface area (Å²) in [5.74, 6) is 0.451. The van der Waals surface area contributed by atoms with Crippen molar-refractivity contribution < 1.29 is 14.5 Å². The normalized spacial score (nSPS) is 10.3. The Hall–Kier alpha value is -2.94. The second-order valence-electron chi connectivity index (χ2n) is 5.89. The van der Waals surface area contributed by atoms with Crippen molar-refractivity contribution in [3.63, 3.8) is 0 Å². The first-order chi connectivity index (χ1) is 13.6. The molecule has 28 heavy (non-hydrogen) atoms. The van der Waals surface area contributed by atoms with Gasteiger partial charge in [0.1, 0.15) is 12.4 Å². The number of carbonyl (C=O) groups is 1. The molecule has 0 spiro atoms. The van der Waals surface area contributed by atoms with Crippen molar-refractivity contribution >= 4 is 34.2 Å². The summed E-state index contributed by atoms with van der Waals surface area (Å²) < 4.78 is 6.38. The van der Waals surface area contributed by atoms with Gasteiger partial charge in [0.15, 0.2) is 0 Å². The molecule has 0 aliphatic rings. The van der Waals surface area contributed by atoms with Gasteiger partial charge in [-0.15, -0.1) is 0 Å². The van der Waals surface area contributed by atoms with Gasteiger partial charge in [-0.3, -0.25) is 14.9 Å². The SMILES string of the molecule is O=C(NCCOc1ccccc1-c1ccccc1)c1ccc([N+](=O)[O-])cc1I. The molecule has 3 aromatic carbocycles. The van der Waals surface area contributed by atoms with Crippen molar-refractivity contribution in [1.29, 1.82) is 0 Å². The smallest absolute Gasteiger partial charge is 0.270 e. The third kappa shape index (κ3) is 4.86. The predicted molar refractivity (Wildman–Crippen MR) is 116 cm³/mol. The van der Waals surface area contributed by atoms with Gasteiger partial charge >= 0.3 is 0 Å². The van der Waals surface area contributed by atoms with E-state index in [9.17, 15) is 14.9 Å². The molecule has 7 heteroatoms. The second-order valence-corrected chi connectivity index (χ2v) is 7.05. The van der Waals surface area contributed by atoms with Crippen LogP contribution in [0, 0.1) is 13.7 Å². The highest BCUT2D eigenvalue weighted by Crippen LogP contribution is 2.29. The Labute approximate surface area is 175 Å². The first kappa shape index (κ1) is 19.8. The van der Waals surface area contributed by atoms with Crippen LogP contribution in [-0.2, 0) is 0 Å². The zero-order valence-electron chi connectivity index (χ0n) is 14.8. The molecule has 0 atom stereocenters. The van der Waals surface area contributed by atoms with Crippen LogP contribution in [0.25, 0.3) is 11.1 Å². The van der Waals surface area contributed by atoms with Crippen LogP contribution >= 0.6 is 22.6 Å². The van der Waals surface area contributed by atoms with Gasteiger partial charge in [-0.1, -0.05) is 48.5 Å². The molecule has 1 N–H and O–H groups in total. The lowest BCUT2D eigenvalue weighted by Gasteiger charge is -2.12. The molecule has 0 aliphatic heterocycles. The number of hydrogen-bond donors (Lipinski definition) is 1. The summed E-state index contributed by atoms with van der Waals surface area (Å²) >= 11 is 1.92. The molecule has 3 rings (SSSR count). The Morgan fingerprint density at radius 2 is 1.75 bits per heavy atom. The summed E-state index contributed by atoms with van der Waals surface area (Å²) in [7, 11) is 0. The van der Waals surface area contributed by atoms with Crippen LogP contribution in [0.4, 0.5) is 5.69 Å². The molecule has 6 nitrogen and oxygen atoms in total. The lowest BCUT2D eigenvalue weighted by atomic mass is 10.1. The zero-order chi connectivity index (χ0) is 19.9. The fourth-order valence-electron chi connectivity index (χ4n) is 2.67. The first-order valence-electron chi connectivity index (χ1n) is 8.55. The van der Waals surface area contributed by atoms with Gasteiger partial charge < -0.3 is 10.1 Å². The van der Waals surface area contributed by atoms with Crippen LogP contribution in [0.1, 0.15) is 10.4 Å². The van der Waals surface area contributed by atoms with Crippen molar-refractivity contribution in [1.82, 2.24) is 5.32 Å². The maximum absolute atomic E-state index is 12.3. The molecule has 1 amide bonds. The number of rotatable bonds is 7. The molecule has 0 aliphatic carbocycles. The van der Waals surface area contributed by atoms with E-state index in [1.165, 1.54) is 18.2 Å². The molecule has 0 radical (unpaired) electrons. The van der Waals surface area contributed by atoms with Crippen molar-refractivity contribution in [2.45, 2.75) is 0 Å². The number of halogens is 1. The molecular weight excluding hydrogens is 471 g/mol. The van der Waals surface area contributed by atoms with Crippen LogP contribution in [0.15, 0.2) is 72.8 Å². The van der Waals surface area contributed by atoms with Gasteiger partial charge in [-0.25, -0.2) is 0 Å². The number of para-hydroxylation sites is 1. The topological polar surface area (TPSA) is 81.5 Å². The van der Waals surface area contributed by atoms with E-state index in [0.29, 0.717) is 22.3 Å². The third-order valence-corrected chi connectivity index (χ3v) is 4.92. The van der Waals surface area contributed by atoms with E-state index in [-0.39, 0.29) is 11.6 Å². The number of nitro groups is 1. The van der Waals surface area contributed by atoms with Gasteiger partial charge in [0.25, 0.3) is 11.6 Å². The van der Waals surface area contributed by atoms with Crippen LogP contribution in [0.3, 0.4) is 0 Å². The minimum Gasteiger partial charge on any atom is -0.491 e. The average Bonchev–Trinajstić information content (AvgIpc) is 2.72. The fraction of sp³-hybridized carbons (Fsp3) is 0.0952. The van der Waals surface area contributed by atoms with Crippen molar-refractivity contribution in [2.75, 3.05) is 13.2 Å². The Balaban J connectivity index is 1.58. The molecule has 0 aromatic heterocycles. The number of benzene rings is 3. The highest BCUT2D eigenvalue weighted by molar-refractivity contribution is 14.1. The Morgan fingerprint density at radius 3 is 2.46 bits per heavy atom. The monoisotopic (exact) mass is 488 g/mol. The summed E-state index contributed by atoms with van der Waals surface area (Å²) in [5, 5.41) is 13.6. The first-order valence-corrected chi connectivity index (χ1v) is 9.63. The molecule has 142 valence electrons. The molecule has 0 saturated heterocycles. The summed E-state index contributed by atoms with van der Waals surface area (Å²) in [4.78, 5) is 22.6. The minimum atomic E-state index is -0.484. The van der Waals surface area contributed by atoms with Gasteiger partial charge in [0, 0.05) is 21.3 Å². The van der Waals surface area contributed by atoms with E-state index in [0.717, 1.165) is 16.9 Å². The number of non-ortho nitro benzene ring substituents is 1. The molecule has 0 unspecified atom stereocenters. The largest absolute Gasteiger partial charge is 0.491 e. The molecule has 0 fully saturated rings. The zero-order valence-corrected chi connectivity index (χ0v) is 17.0. The molecular formula is C21H17IN2O4. The number of nitrogens with one attached hydrogen (secondary N) is 1. The lowest BCUT2D eigenvalue weighted by Crippen LogP contribution is -2.28. The van der Waals surface area contributed by atoms with E-state index in [1.807, 2.05) is 77.2 Å². The minimum absolute atomic E-state index is 0.0400. The molecule has 3 aromatic rings. The maximum atomic E-state index is 12.3. The van der Waals surface area contributed by atoms with Crippen molar-refractivity contribution in [3.8, 4) is 16.9 Å². The number of nitrogens with zero attached hydrogens (tertiary/aromatic N) is 1. The molecule has 0 bridgehead atoms. The number of carbonyl (C=O) groups excluding carboxylic acids is 1. The fourth-order valence-corrected chi connectivity index (χ4v) is 3.42. The van der Waals surface area contributed by atoms with Gasteiger partial charge in [0.05, 0.1) is 17.0 Å². The van der Waals surface area contributed by atoms with E-state index in [1.54, 1.807) is 0 Å². The predicted octanol–water partition coefficient (Wildman–Crippen LogP) is 4.68. The number of nitro benzene ring substituents is 1. The van der Waals surface area contributed by atoms with Crippen LogP contribution in [0.5, 0.6) is 5.75 Å². The van der Waals surface area contributed by atoms with Crippen LogP contribution in [0.2, 0.25) is 0 Å². The summed E-state index contributed by atoms with van der Waals surface area (Å²) in [6.07, 6.45) is 0. The van der Waals surface area contributed by atoms with E-state index < -0.39 is 4.92 Å². The Kier molecular flexibility index (Phi) is 6.59. The quantitative estimate of drug-likeness (QED) is 0.227. The van der Waals surface area contributed by atoms with E-state index in [4.69, 9.17) is 4.74 Å². The average molecular weight is 488 g/mol. The van der Waals surface area contributed by atoms with E-state index >= 15 is 0 Å². The summed E-state index contributed by atoms with van der Waals surface area (Å²) in [5.41, 5.74) is 2.40. The van der Waals surface area contributed by atoms with E-state index in [2.05, 4.69) is 5.32 Å². The van der Waals surface area contributed by atoms with Gasteiger partial charge in [-0.05, 0) is 40.3 Å². The van der Waals surface area contributed by atoms with Gasteiger partial charge in [0.2, 0.25) is 0 Å². The second kappa shape index (κ2) is 9.32. The molecule has 0 saturated carbocycles. The third-order valence-electron chi connectivity index (χ3n) is 4.03. The summed E-state index contributed by atoms with van der Waals surface area (Å²) in [6.45, 7) is 0.619. The molecule has 0 heterocycles. The Morgan fingerprint density at radius 1 is 1.04 bits per heavy atom. The standard InChI is InChI=1S/C21H17IN2O4/c22-19-14-16(24(26)27)10-11-18(19)21(25)23-12-13-28-20-9-5-4-8-17(20)15-6-2-1-3-7-15/h1-11,14H,12-13H2,(H,23,25). The van der Waals surface area contributed by atoms with Crippen LogP contribution < -0.4 is 10.1 Å². The highest BCUT2D eigenvalue weighted by Gasteiger charge is 2.14. The van der Waals surface area contributed by atoms with Crippen molar-refractivity contribution in [3.05, 3.63) is 92.0 Å². The van der Waals surface area contributed by atoms with Gasteiger partial charge in [-0.2, -0.15) is 0 Å².